The van der Waals surface area contributed by atoms with E-state index in [1.165, 1.54) is 11.1 Å². The summed E-state index contributed by atoms with van der Waals surface area (Å²) in [4.78, 5) is 12.0. The molecule has 3 heteroatoms. The van der Waals surface area contributed by atoms with Gasteiger partial charge in [0.25, 0.3) is 0 Å². The minimum absolute atomic E-state index is 0.0583. The lowest BCUT2D eigenvalue weighted by Gasteiger charge is -2.22. The first kappa shape index (κ1) is 13.1. The third kappa shape index (κ3) is 2.56. The molecular formula is C15H22N2O. The molecule has 0 saturated carbocycles. The third-order valence-electron chi connectivity index (χ3n) is 3.18. The molecule has 2 N–H and O–H groups in total. The quantitative estimate of drug-likeness (QED) is 0.842. The molecule has 1 heterocycles. The van der Waals surface area contributed by atoms with Crippen molar-refractivity contribution in [3.8, 4) is 0 Å². The van der Waals surface area contributed by atoms with Gasteiger partial charge in [0.05, 0.1) is 0 Å². The Bertz CT molecular complexity index is 486. The summed E-state index contributed by atoms with van der Waals surface area (Å²) < 4.78 is 0. The molecule has 1 aliphatic heterocycles. The molecule has 98 valence electrons. The van der Waals surface area contributed by atoms with Crippen molar-refractivity contribution in [1.29, 1.82) is 0 Å². The van der Waals surface area contributed by atoms with E-state index >= 15 is 0 Å². The SMILES string of the molecule is Cc1cc(C)c2c(c1)NC(=O)C2NCC(C)(C)C. The molecule has 18 heavy (non-hydrogen) atoms. The Hall–Kier alpha value is -1.35. The molecule has 0 bridgehead atoms. The highest BCUT2D eigenvalue weighted by Gasteiger charge is 2.32. The van der Waals surface area contributed by atoms with Crippen molar-refractivity contribution in [3.05, 3.63) is 28.8 Å². The number of anilines is 1. The predicted molar refractivity (Wildman–Crippen MR) is 74.7 cm³/mol. The van der Waals surface area contributed by atoms with Crippen molar-refractivity contribution in [3.63, 3.8) is 0 Å². The Morgan fingerprint density at radius 2 is 1.94 bits per heavy atom. The number of carbonyl (C=O) groups excluding carboxylic acids is 1. The molecule has 1 aliphatic rings. The molecule has 2 rings (SSSR count). The summed E-state index contributed by atoms with van der Waals surface area (Å²) >= 11 is 0. The van der Waals surface area contributed by atoms with Gasteiger partial charge < -0.3 is 10.6 Å². The highest BCUT2D eigenvalue weighted by atomic mass is 16.2. The Morgan fingerprint density at radius 3 is 2.56 bits per heavy atom. The largest absolute Gasteiger partial charge is 0.324 e. The maximum atomic E-state index is 12.0. The zero-order chi connectivity index (χ0) is 13.5. The summed E-state index contributed by atoms with van der Waals surface area (Å²) in [7, 11) is 0. The van der Waals surface area contributed by atoms with E-state index in [-0.39, 0.29) is 17.4 Å². The van der Waals surface area contributed by atoms with E-state index in [4.69, 9.17) is 0 Å². The summed E-state index contributed by atoms with van der Waals surface area (Å²) in [5, 5.41) is 6.34. The maximum absolute atomic E-state index is 12.0. The summed E-state index contributed by atoms with van der Waals surface area (Å²) in [6.07, 6.45) is 0. The van der Waals surface area contributed by atoms with Gasteiger partial charge in [-0.05, 0) is 36.5 Å². The van der Waals surface area contributed by atoms with Gasteiger partial charge in [0, 0.05) is 17.8 Å². The van der Waals surface area contributed by atoms with Crippen molar-refractivity contribution >= 4 is 11.6 Å². The van der Waals surface area contributed by atoms with Crippen LogP contribution in [0.2, 0.25) is 0 Å². The summed E-state index contributed by atoms with van der Waals surface area (Å²) in [6, 6.07) is 3.96. The van der Waals surface area contributed by atoms with Gasteiger partial charge in [0.2, 0.25) is 5.91 Å². The van der Waals surface area contributed by atoms with Gasteiger partial charge in [-0.15, -0.1) is 0 Å². The topological polar surface area (TPSA) is 41.1 Å². The number of hydrogen-bond donors (Lipinski definition) is 2. The van der Waals surface area contributed by atoms with E-state index in [0.717, 1.165) is 17.8 Å². The second kappa shape index (κ2) is 4.39. The second-order valence-corrected chi connectivity index (χ2v) is 6.41. The van der Waals surface area contributed by atoms with Crippen molar-refractivity contribution < 1.29 is 4.79 Å². The lowest BCUT2D eigenvalue weighted by atomic mass is 9.95. The lowest BCUT2D eigenvalue weighted by molar-refractivity contribution is -0.117. The second-order valence-electron chi connectivity index (χ2n) is 6.41. The van der Waals surface area contributed by atoms with Crippen LogP contribution in [-0.2, 0) is 4.79 Å². The number of carbonyl (C=O) groups is 1. The van der Waals surface area contributed by atoms with Crippen molar-refractivity contribution in [1.82, 2.24) is 5.32 Å². The fourth-order valence-corrected chi connectivity index (χ4v) is 2.40. The zero-order valence-electron chi connectivity index (χ0n) is 11.8. The summed E-state index contributed by atoms with van der Waals surface area (Å²) in [5.41, 5.74) is 4.60. The molecule has 3 nitrogen and oxygen atoms in total. The van der Waals surface area contributed by atoms with Gasteiger partial charge in [-0.3, -0.25) is 4.79 Å². The van der Waals surface area contributed by atoms with Crippen molar-refractivity contribution in [2.75, 3.05) is 11.9 Å². The zero-order valence-corrected chi connectivity index (χ0v) is 11.8. The smallest absolute Gasteiger partial charge is 0.246 e. The monoisotopic (exact) mass is 246 g/mol. The van der Waals surface area contributed by atoms with E-state index in [9.17, 15) is 4.79 Å². The number of aryl methyl sites for hydroxylation is 2. The van der Waals surface area contributed by atoms with E-state index in [0.29, 0.717) is 0 Å². The fourth-order valence-electron chi connectivity index (χ4n) is 2.40. The van der Waals surface area contributed by atoms with Gasteiger partial charge in [0.15, 0.2) is 0 Å². The standard InChI is InChI=1S/C15H22N2O/c1-9-6-10(2)12-11(7-9)17-14(18)13(12)16-8-15(3,4)5/h6-7,13,16H,8H2,1-5H3,(H,17,18). The van der Waals surface area contributed by atoms with Crippen LogP contribution in [0.25, 0.3) is 0 Å². The molecule has 1 aromatic rings. The van der Waals surface area contributed by atoms with Gasteiger partial charge in [-0.2, -0.15) is 0 Å². The van der Waals surface area contributed by atoms with Gasteiger partial charge in [-0.25, -0.2) is 0 Å². The summed E-state index contributed by atoms with van der Waals surface area (Å²) in [6.45, 7) is 11.4. The Labute approximate surface area is 109 Å². The first-order valence-electron chi connectivity index (χ1n) is 6.43. The van der Waals surface area contributed by atoms with Crippen molar-refractivity contribution in [2.45, 2.75) is 40.7 Å². The number of hydrogen-bond acceptors (Lipinski definition) is 2. The lowest BCUT2D eigenvalue weighted by Crippen LogP contribution is -2.34. The highest BCUT2D eigenvalue weighted by molar-refractivity contribution is 6.03. The van der Waals surface area contributed by atoms with Crippen LogP contribution in [0.1, 0.15) is 43.5 Å². The Morgan fingerprint density at radius 1 is 1.28 bits per heavy atom. The van der Waals surface area contributed by atoms with Crippen LogP contribution >= 0.6 is 0 Å². The van der Waals surface area contributed by atoms with E-state index in [1.54, 1.807) is 0 Å². The molecule has 1 unspecified atom stereocenters. The first-order valence-corrected chi connectivity index (χ1v) is 6.43. The fraction of sp³-hybridized carbons (Fsp3) is 0.533. The molecular weight excluding hydrogens is 224 g/mol. The normalized spacial score (nSPS) is 18.7. The number of benzene rings is 1. The van der Waals surface area contributed by atoms with E-state index in [1.807, 2.05) is 6.07 Å². The van der Waals surface area contributed by atoms with Gasteiger partial charge >= 0.3 is 0 Å². The third-order valence-corrected chi connectivity index (χ3v) is 3.18. The molecule has 0 saturated heterocycles. The van der Waals surface area contributed by atoms with Crippen LogP contribution in [0.4, 0.5) is 5.69 Å². The Kier molecular flexibility index (Phi) is 3.20. The molecule has 1 amide bonds. The van der Waals surface area contributed by atoms with Crippen LogP contribution in [0.3, 0.4) is 0 Å². The maximum Gasteiger partial charge on any atom is 0.246 e. The van der Waals surface area contributed by atoms with Crippen LogP contribution < -0.4 is 10.6 Å². The molecule has 0 aliphatic carbocycles. The molecule has 0 radical (unpaired) electrons. The van der Waals surface area contributed by atoms with Gasteiger partial charge in [-0.1, -0.05) is 26.8 Å². The minimum atomic E-state index is -0.208. The van der Waals surface area contributed by atoms with Crippen LogP contribution in [-0.4, -0.2) is 12.5 Å². The average molecular weight is 246 g/mol. The first-order chi connectivity index (χ1) is 8.28. The molecule has 0 aromatic heterocycles. The van der Waals surface area contributed by atoms with Gasteiger partial charge in [0.1, 0.15) is 6.04 Å². The highest BCUT2D eigenvalue weighted by Crippen LogP contribution is 2.34. The van der Waals surface area contributed by atoms with Crippen LogP contribution in [0.5, 0.6) is 0 Å². The Balaban J connectivity index is 2.28. The van der Waals surface area contributed by atoms with E-state index in [2.05, 4.69) is 51.3 Å². The predicted octanol–water partition coefficient (Wildman–Crippen LogP) is 2.93. The number of amides is 1. The van der Waals surface area contributed by atoms with E-state index < -0.39 is 0 Å². The van der Waals surface area contributed by atoms with Crippen molar-refractivity contribution in [2.24, 2.45) is 5.41 Å². The number of rotatable bonds is 2. The minimum Gasteiger partial charge on any atom is -0.324 e. The summed E-state index contributed by atoms with van der Waals surface area (Å²) in [5.74, 6) is 0.0583. The average Bonchev–Trinajstić information content (AvgIpc) is 2.49. The molecule has 0 spiro atoms. The molecule has 1 aromatic carbocycles. The molecule has 0 fully saturated rings. The number of fused-ring (bicyclic) bond motifs is 1. The molecule has 1 atom stereocenters. The van der Waals surface area contributed by atoms with Crippen LogP contribution in [0, 0.1) is 19.3 Å². The van der Waals surface area contributed by atoms with Crippen LogP contribution in [0.15, 0.2) is 12.1 Å². The number of nitrogens with one attached hydrogen (secondary N) is 2.